The summed E-state index contributed by atoms with van der Waals surface area (Å²) in [6.45, 7) is 7.06. The number of carbonyl (C=O) groups excluding carboxylic acids is 2. The predicted octanol–water partition coefficient (Wildman–Crippen LogP) is 3.70. The van der Waals surface area contributed by atoms with Gasteiger partial charge in [0, 0.05) is 37.7 Å². The van der Waals surface area contributed by atoms with Gasteiger partial charge in [0.15, 0.2) is 0 Å². The number of nitrogens with zero attached hydrogens (tertiary/aromatic N) is 3. The zero-order valence-corrected chi connectivity index (χ0v) is 23.5. The molecule has 2 aliphatic rings. The Hall–Kier alpha value is -2.16. The minimum Gasteiger partial charge on any atom is -0.488 e. The molecule has 8 nitrogen and oxygen atoms in total. The van der Waals surface area contributed by atoms with Gasteiger partial charge in [0.25, 0.3) is 5.91 Å². The van der Waals surface area contributed by atoms with Crippen LogP contribution in [0.3, 0.4) is 0 Å². The van der Waals surface area contributed by atoms with Crippen molar-refractivity contribution in [1.82, 2.24) is 14.7 Å². The van der Waals surface area contributed by atoms with Gasteiger partial charge in [-0.15, -0.1) is 0 Å². The zero-order chi connectivity index (χ0) is 26.9. The average Bonchev–Trinajstić information content (AvgIpc) is 2.86. The third-order valence-electron chi connectivity index (χ3n) is 7.74. The number of hydrogen-bond acceptors (Lipinski definition) is 6. The summed E-state index contributed by atoms with van der Waals surface area (Å²) in [6.07, 6.45) is 7.69. The molecule has 2 N–H and O–H groups in total. The number of rotatable bonds is 11. The molecule has 208 valence electrons. The molecule has 0 unspecified atom stereocenters. The fourth-order valence-electron chi connectivity index (χ4n) is 5.49. The van der Waals surface area contributed by atoms with Crippen molar-refractivity contribution in [2.75, 3.05) is 59.2 Å². The maximum Gasteiger partial charge on any atom is 0.258 e. The Labute approximate surface area is 223 Å². The van der Waals surface area contributed by atoms with Gasteiger partial charge in [-0.25, -0.2) is 0 Å². The standard InChI is InChI=1S/C29H48N4O4/c1-21-17-33(22(2)20-34)29(36)25-16-24(30-28(35)12-9-15-31(3)4)13-14-26(25)37-27(21)19-32(5)18-23-10-7-6-8-11-23/h13-14,16,21-23,27,34H,6-12,15,17-20H2,1-5H3,(H,30,35)/t21-,22+,27+/m1/s1. The number of aliphatic hydroxyl groups is 1. The van der Waals surface area contributed by atoms with Crippen LogP contribution in [-0.2, 0) is 4.79 Å². The highest BCUT2D eigenvalue weighted by Gasteiger charge is 2.34. The Bertz CT molecular complexity index is 887. The Morgan fingerprint density at radius 2 is 1.92 bits per heavy atom. The number of likely N-dealkylation sites (N-methyl/N-ethyl adjacent to an activating group) is 1. The quantitative estimate of drug-likeness (QED) is 0.467. The molecule has 1 fully saturated rings. The van der Waals surface area contributed by atoms with Crippen LogP contribution in [0.25, 0.3) is 0 Å². The van der Waals surface area contributed by atoms with Crippen LogP contribution in [0.2, 0.25) is 0 Å². The van der Waals surface area contributed by atoms with E-state index in [0.29, 0.717) is 30.0 Å². The fourth-order valence-corrected chi connectivity index (χ4v) is 5.49. The Morgan fingerprint density at radius 1 is 1.19 bits per heavy atom. The highest BCUT2D eigenvalue weighted by Crippen LogP contribution is 2.31. The molecule has 37 heavy (non-hydrogen) atoms. The maximum atomic E-state index is 13.6. The Balaban J connectivity index is 1.78. The number of hydrogen-bond donors (Lipinski definition) is 2. The molecule has 1 aliphatic carbocycles. The summed E-state index contributed by atoms with van der Waals surface area (Å²) in [5.74, 6) is 1.12. The van der Waals surface area contributed by atoms with E-state index in [0.717, 1.165) is 32.0 Å². The summed E-state index contributed by atoms with van der Waals surface area (Å²) in [4.78, 5) is 32.3. The van der Waals surface area contributed by atoms with Gasteiger partial charge in [0.2, 0.25) is 5.91 Å². The summed E-state index contributed by atoms with van der Waals surface area (Å²) >= 11 is 0. The van der Waals surface area contributed by atoms with E-state index in [2.05, 4.69) is 29.1 Å². The van der Waals surface area contributed by atoms with Crippen molar-refractivity contribution in [2.24, 2.45) is 11.8 Å². The van der Waals surface area contributed by atoms with Crippen molar-refractivity contribution < 1.29 is 19.4 Å². The third-order valence-corrected chi connectivity index (χ3v) is 7.74. The Kier molecular flexibility index (Phi) is 11.2. The van der Waals surface area contributed by atoms with Crippen LogP contribution in [0.5, 0.6) is 5.75 Å². The summed E-state index contributed by atoms with van der Waals surface area (Å²) in [6, 6.07) is 5.02. The average molecular weight is 517 g/mol. The van der Waals surface area contributed by atoms with E-state index in [4.69, 9.17) is 4.74 Å². The molecule has 8 heteroatoms. The number of amides is 2. The molecule has 2 amide bonds. The second-order valence-electron chi connectivity index (χ2n) is 11.5. The van der Waals surface area contributed by atoms with Crippen molar-refractivity contribution in [3.05, 3.63) is 23.8 Å². The minimum absolute atomic E-state index is 0.0718. The molecular weight excluding hydrogens is 468 g/mol. The van der Waals surface area contributed by atoms with Gasteiger partial charge < -0.3 is 29.9 Å². The van der Waals surface area contributed by atoms with Gasteiger partial charge in [-0.1, -0.05) is 26.2 Å². The predicted molar refractivity (Wildman–Crippen MR) is 148 cm³/mol. The number of aliphatic hydroxyl groups excluding tert-OH is 1. The van der Waals surface area contributed by atoms with Crippen molar-refractivity contribution >= 4 is 17.5 Å². The molecule has 3 atom stereocenters. The maximum absolute atomic E-state index is 13.6. The van der Waals surface area contributed by atoms with Crippen molar-refractivity contribution in [3.8, 4) is 5.75 Å². The first-order valence-electron chi connectivity index (χ1n) is 14.0. The first kappa shape index (κ1) is 29.4. The monoisotopic (exact) mass is 516 g/mol. The van der Waals surface area contributed by atoms with E-state index < -0.39 is 0 Å². The van der Waals surface area contributed by atoms with Crippen molar-refractivity contribution in [1.29, 1.82) is 0 Å². The second-order valence-corrected chi connectivity index (χ2v) is 11.5. The lowest BCUT2D eigenvalue weighted by Crippen LogP contribution is -2.50. The topological polar surface area (TPSA) is 85.3 Å². The van der Waals surface area contributed by atoms with E-state index in [1.807, 2.05) is 27.1 Å². The third kappa shape index (κ3) is 8.69. The molecule has 0 saturated heterocycles. The number of nitrogens with one attached hydrogen (secondary N) is 1. The summed E-state index contributed by atoms with van der Waals surface area (Å²) in [5, 5.41) is 12.8. The number of anilines is 1. The van der Waals surface area contributed by atoms with Crippen LogP contribution in [0.1, 0.15) is 69.2 Å². The van der Waals surface area contributed by atoms with E-state index in [1.165, 1.54) is 32.1 Å². The van der Waals surface area contributed by atoms with Crippen LogP contribution in [0.4, 0.5) is 5.69 Å². The lowest BCUT2D eigenvalue weighted by molar-refractivity contribution is -0.116. The molecule has 1 aromatic carbocycles. The van der Waals surface area contributed by atoms with Crippen LogP contribution in [-0.4, -0.2) is 97.7 Å². The van der Waals surface area contributed by atoms with Gasteiger partial charge in [-0.2, -0.15) is 0 Å². The first-order valence-corrected chi connectivity index (χ1v) is 14.0. The molecule has 0 aromatic heterocycles. The van der Waals surface area contributed by atoms with Gasteiger partial charge in [-0.3, -0.25) is 9.59 Å². The SMILES string of the molecule is C[C@@H]1CN([C@@H](C)CO)C(=O)c2cc(NC(=O)CCCN(C)C)ccc2O[C@H]1CN(C)CC1CCCCC1. The van der Waals surface area contributed by atoms with Gasteiger partial charge >= 0.3 is 0 Å². The molecule has 3 rings (SSSR count). The summed E-state index contributed by atoms with van der Waals surface area (Å²) in [5.41, 5.74) is 1.01. The van der Waals surface area contributed by atoms with Gasteiger partial charge in [0.1, 0.15) is 11.9 Å². The van der Waals surface area contributed by atoms with Crippen molar-refractivity contribution in [2.45, 2.75) is 70.9 Å². The van der Waals surface area contributed by atoms with Crippen LogP contribution in [0.15, 0.2) is 18.2 Å². The molecule has 1 saturated carbocycles. The van der Waals surface area contributed by atoms with Crippen LogP contribution < -0.4 is 10.1 Å². The summed E-state index contributed by atoms with van der Waals surface area (Å²) < 4.78 is 6.52. The molecule has 0 bridgehead atoms. The molecule has 0 spiro atoms. The summed E-state index contributed by atoms with van der Waals surface area (Å²) in [7, 11) is 6.14. The molecule has 1 heterocycles. The van der Waals surface area contributed by atoms with Crippen molar-refractivity contribution in [3.63, 3.8) is 0 Å². The number of benzene rings is 1. The van der Waals surface area contributed by atoms with E-state index in [-0.39, 0.29) is 36.5 Å². The normalized spacial score (nSPS) is 21.8. The number of carbonyl (C=O) groups is 2. The smallest absolute Gasteiger partial charge is 0.258 e. The second kappa shape index (κ2) is 14.1. The largest absolute Gasteiger partial charge is 0.488 e. The molecule has 1 aliphatic heterocycles. The van der Waals surface area contributed by atoms with Gasteiger partial charge in [0.05, 0.1) is 18.2 Å². The van der Waals surface area contributed by atoms with E-state index in [1.54, 1.807) is 17.0 Å². The first-order chi connectivity index (χ1) is 17.7. The highest BCUT2D eigenvalue weighted by molar-refractivity contribution is 5.99. The molecule has 0 radical (unpaired) electrons. The van der Waals surface area contributed by atoms with E-state index >= 15 is 0 Å². The lowest BCUT2D eigenvalue weighted by atomic mass is 9.89. The Morgan fingerprint density at radius 3 is 2.59 bits per heavy atom. The highest BCUT2D eigenvalue weighted by atomic mass is 16.5. The zero-order valence-electron chi connectivity index (χ0n) is 23.5. The lowest BCUT2D eigenvalue weighted by Gasteiger charge is -2.38. The van der Waals surface area contributed by atoms with Crippen LogP contribution >= 0.6 is 0 Å². The molecular formula is C29H48N4O4. The fraction of sp³-hybridized carbons (Fsp3) is 0.724. The van der Waals surface area contributed by atoms with E-state index in [9.17, 15) is 14.7 Å². The number of fused-ring (bicyclic) bond motifs is 1. The number of ether oxygens (including phenoxy) is 1. The van der Waals surface area contributed by atoms with Crippen LogP contribution in [0, 0.1) is 11.8 Å². The minimum atomic E-state index is -0.314. The molecule has 1 aromatic rings. The van der Waals surface area contributed by atoms with Gasteiger partial charge in [-0.05, 0) is 78.0 Å².